The maximum absolute atomic E-state index is 13.5. The average molecular weight is 584 g/mol. The average Bonchev–Trinajstić information content (AvgIpc) is 3.35. The zero-order chi connectivity index (χ0) is 28.0. The molecule has 0 aliphatic carbocycles. The number of hydrogen-bond acceptors (Lipinski definition) is 4. The molecular formula is C34H35ClFN5O. The number of imidazole rings is 1. The molecule has 0 saturated carbocycles. The van der Waals surface area contributed by atoms with Gasteiger partial charge in [0, 0.05) is 36.9 Å². The highest BCUT2D eigenvalue weighted by atomic mass is 35.5. The van der Waals surface area contributed by atoms with Crippen LogP contribution < -0.4 is 10.6 Å². The molecule has 8 heteroatoms. The molecule has 6 rings (SSSR count). The van der Waals surface area contributed by atoms with E-state index >= 15 is 0 Å². The van der Waals surface area contributed by atoms with E-state index in [1.54, 1.807) is 0 Å². The Kier molecular flexibility index (Phi) is 9.52. The SMILES string of the molecule is Cl.O=C(Nc1ccc(CCN2CCC(Nc3nc4ccccc4n3Cc3ccc(F)cc3)CC2)cc1)c1ccccc1. The Morgan fingerprint density at radius 3 is 2.24 bits per heavy atom. The van der Waals surface area contributed by atoms with Crippen molar-refractivity contribution in [1.82, 2.24) is 14.5 Å². The lowest BCUT2D eigenvalue weighted by atomic mass is 10.0. The minimum atomic E-state index is -0.223. The summed E-state index contributed by atoms with van der Waals surface area (Å²) in [5.41, 5.74) is 5.79. The van der Waals surface area contributed by atoms with Crippen LogP contribution in [0.5, 0.6) is 0 Å². The van der Waals surface area contributed by atoms with Crippen molar-refractivity contribution in [3.05, 3.63) is 126 Å². The highest BCUT2D eigenvalue weighted by molar-refractivity contribution is 6.04. The van der Waals surface area contributed by atoms with Gasteiger partial charge in [-0.25, -0.2) is 9.37 Å². The van der Waals surface area contributed by atoms with Crippen LogP contribution in [-0.4, -0.2) is 46.0 Å². The van der Waals surface area contributed by atoms with Crippen molar-refractivity contribution < 1.29 is 9.18 Å². The molecule has 2 heterocycles. The van der Waals surface area contributed by atoms with Gasteiger partial charge in [-0.3, -0.25) is 4.79 Å². The van der Waals surface area contributed by atoms with Gasteiger partial charge in [-0.2, -0.15) is 0 Å². The fraction of sp³-hybridized carbons (Fsp3) is 0.235. The minimum Gasteiger partial charge on any atom is -0.353 e. The minimum absolute atomic E-state index is 0. The standard InChI is InChI=1S/C34H34FN5O.ClH/c35-28-14-10-26(11-15-28)24-40-32-9-5-4-8-31(32)38-34(40)37-30-19-22-39(23-20-30)21-18-25-12-16-29(17-13-25)36-33(41)27-6-2-1-3-7-27;/h1-17,30H,18-24H2,(H,36,41)(H,37,38);1H. The van der Waals surface area contributed by atoms with Gasteiger partial charge in [0.2, 0.25) is 5.95 Å². The number of benzene rings is 4. The second-order valence-electron chi connectivity index (χ2n) is 10.7. The number of aromatic nitrogens is 2. The van der Waals surface area contributed by atoms with Crippen LogP contribution in [0.2, 0.25) is 0 Å². The molecule has 0 atom stereocenters. The number of amides is 1. The van der Waals surface area contributed by atoms with Crippen molar-refractivity contribution in [3.63, 3.8) is 0 Å². The molecule has 1 aliphatic heterocycles. The maximum Gasteiger partial charge on any atom is 0.255 e. The Hall–Kier alpha value is -4.20. The lowest BCUT2D eigenvalue weighted by molar-refractivity contribution is 0.102. The second kappa shape index (κ2) is 13.6. The number of likely N-dealkylation sites (tertiary alicyclic amines) is 1. The highest BCUT2D eigenvalue weighted by Crippen LogP contribution is 2.24. The molecule has 0 spiro atoms. The number of para-hydroxylation sites is 2. The first kappa shape index (κ1) is 29.3. The van der Waals surface area contributed by atoms with Crippen molar-refractivity contribution in [2.75, 3.05) is 30.3 Å². The van der Waals surface area contributed by atoms with Crippen LogP contribution in [-0.2, 0) is 13.0 Å². The van der Waals surface area contributed by atoms with Crippen molar-refractivity contribution in [2.24, 2.45) is 0 Å². The zero-order valence-corrected chi connectivity index (χ0v) is 24.2. The molecule has 1 amide bonds. The van der Waals surface area contributed by atoms with E-state index in [2.05, 4.69) is 38.3 Å². The maximum atomic E-state index is 13.5. The van der Waals surface area contributed by atoms with Gasteiger partial charge < -0.3 is 20.1 Å². The fourth-order valence-electron chi connectivity index (χ4n) is 5.44. The molecule has 0 bridgehead atoms. The Morgan fingerprint density at radius 2 is 1.50 bits per heavy atom. The lowest BCUT2D eigenvalue weighted by Crippen LogP contribution is -2.40. The quantitative estimate of drug-likeness (QED) is 0.196. The number of nitrogens with one attached hydrogen (secondary N) is 2. The Bertz CT molecular complexity index is 1600. The van der Waals surface area contributed by atoms with Crippen LogP contribution in [0.1, 0.15) is 34.3 Å². The number of rotatable bonds is 9. The van der Waals surface area contributed by atoms with Gasteiger partial charge in [-0.15, -0.1) is 12.4 Å². The normalized spacial score (nSPS) is 13.9. The number of fused-ring (bicyclic) bond motifs is 1. The third kappa shape index (κ3) is 7.16. The summed E-state index contributed by atoms with van der Waals surface area (Å²) in [6.07, 6.45) is 3.06. The van der Waals surface area contributed by atoms with Crippen LogP contribution in [0.4, 0.5) is 16.0 Å². The molecule has 0 radical (unpaired) electrons. The van der Waals surface area contributed by atoms with Gasteiger partial charge in [-0.1, -0.05) is 54.6 Å². The van der Waals surface area contributed by atoms with Crippen LogP contribution in [0.25, 0.3) is 11.0 Å². The number of piperidine rings is 1. The summed E-state index contributed by atoms with van der Waals surface area (Å²) in [7, 11) is 0. The number of anilines is 2. The molecule has 1 aromatic heterocycles. The largest absolute Gasteiger partial charge is 0.353 e. The van der Waals surface area contributed by atoms with E-state index in [4.69, 9.17) is 4.98 Å². The van der Waals surface area contributed by atoms with Gasteiger partial charge in [-0.05, 0) is 78.9 Å². The third-order valence-corrected chi connectivity index (χ3v) is 7.79. The van der Waals surface area contributed by atoms with Crippen LogP contribution in [0.15, 0.2) is 103 Å². The van der Waals surface area contributed by atoms with Gasteiger partial charge in [0.25, 0.3) is 5.91 Å². The third-order valence-electron chi connectivity index (χ3n) is 7.79. The summed E-state index contributed by atoms with van der Waals surface area (Å²) in [6.45, 7) is 3.70. The van der Waals surface area contributed by atoms with Crippen molar-refractivity contribution in [1.29, 1.82) is 0 Å². The highest BCUT2D eigenvalue weighted by Gasteiger charge is 2.21. The van der Waals surface area contributed by atoms with E-state index < -0.39 is 0 Å². The smallest absolute Gasteiger partial charge is 0.255 e. The summed E-state index contributed by atoms with van der Waals surface area (Å²) in [5, 5.41) is 6.68. The number of nitrogens with zero attached hydrogens (tertiary/aromatic N) is 3. The van der Waals surface area contributed by atoms with Gasteiger partial charge in [0.05, 0.1) is 17.6 Å². The summed E-state index contributed by atoms with van der Waals surface area (Å²) >= 11 is 0. The molecule has 0 unspecified atom stereocenters. The predicted molar refractivity (Wildman–Crippen MR) is 170 cm³/mol. The first-order valence-electron chi connectivity index (χ1n) is 14.2. The molecule has 42 heavy (non-hydrogen) atoms. The number of hydrogen-bond donors (Lipinski definition) is 2. The van der Waals surface area contributed by atoms with E-state index in [9.17, 15) is 9.18 Å². The van der Waals surface area contributed by atoms with Crippen LogP contribution >= 0.6 is 12.4 Å². The Balaban J connectivity index is 0.00000353. The Labute approximate surface area is 252 Å². The zero-order valence-electron chi connectivity index (χ0n) is 23.4. The van der Waals surface area contributed by atoms with Crippen LogP contribution in [0, 0.1) is 5.82 Å². The monoisotopic (exact) mass is 583 g/mol. The van der Waals surface area contributed by atoms with Gasteiger partial charge in [0.15, 0.2) is 0 Å². The second-order valence-corrected chi connectivity index (χ2v) is 10.7. The molecule has 1 fully saturated rings. The number of halogens is 2. The van der Waals surface area contributed by atoms with Crippen LogP contribution in [0.3, 0.4) is 0 Å². The molecule has 4 aromatic carbocycles. The summed E-state index contributed by atoms with van der Waals surface area (Å²) < 4.78 is 15.6. The Morgan fingerprint density at radius 1 is 0.833 bits per heavy atom. The van der Waals surface area contributed by atoms with E-state index in [-0.39, 0.29) is 24.1 Å². The predicted octanol–water partition coefficient (Wildman–Crippen LogP) is 7.02. The molecule has 6 nitrogen and oxygen atoms in total. The van der Waals surface area contributed by atoms with E-state index in [0.29, 0.717) is 18.2 Å². The van der Waals surface area contributed by atoms with E-state index in [0.717, 1.165) is 67.1 Å². The van der Waals surface area contributed by atoms with Crippen molar-refractivity contribution >= 4 is 41.0 Å². The topological polar surface area (TPSA) is 62.2 Å². The molecular weight excluding hydrogens is 549 g/mol. The summed E-state index contributed by atoms with van der Waals surface area (Å²) in [5.74, 6) is 0.549. The fourth-order valence-corrected chi connectivity index (χ4v) is 5.44. The van der Waals surface area contributed by atoms with Gasteiger partial charge >= 0.3 is 0 Å². The molecule has 216 valence electrons. The van der Waals surface area contributed by atoms with Crippen molar-refractivity contribution in [2.45, 2.75) is 31.8 Å². The molecule has 2 N–H and O–H groups in total. The number of carbonyl (C=O) groups is 1. The molecule has 1 aliphatic rings. The lowest BCUT2D eigenvalue weighted by Gasteiger charge is -2.32. The molecule has 1 saturated heterocycles. The first-order chi connectivity index (χ1) is 20.1. The van der Waals surface area contributed by atoms with E-state index in [1.165, 1.54) is 17.7 Å². The van der Waals surface area contributed by atoms with Gasteiger partial charge in [0.1, 0.15) is 5.82 Å². The number of carbonyl (C=O) groups excluding carboxylic acids is 1. The summed E-state index contributed by atoms with van der Waals surface area (Å²) in [4.78, 5) is 19.8. The van der Waals surface area contributed by atoms with E-state index in [1.807, 2.05) is 72.8 Å². The summed E-state index contributed by atoms with van der Waals surface area (Å²) in [6, 6.07) is 32.6. The first-order valence-corrected chi connectivity index (χ1v) is 14.2. The van der Waals surface area contributed by atoms with Crippen molar-refractivity contribution in [3.8, 4) is 0 Å². The molecule has 5 aromatic rings.